The molecule has 208 valence electrons. The molecule has 0 saturated heterocycles. The molecule has 44 heavy (non-hydrogen) atoms. The van der Waals surface area contributed by atoms with Gasteiger partial charge in [-0.05, 0) is 46.5 Å². The van der Waals surface area contributed by atoms with E-state index in [2.05, 4.69) is 54.6 Å². The Kier molecular flexibility index (Phi) is 6.47. The van der Waals surface area contributed by atoms with Crippen molar-refractivity contribution < 1.29 is 4.42 Å². The molecule has 0 N–H and O–H groups in total. The topological polar surface area (TPSA) is 51.8 Å². The maximum atomic E-state index is 6.24. The van der Waals surface area contributed by atoms with Gasteiger partial charge in [-0.25, -0.2) is 15.0 Å². The van der Waals surface area contributed by atoms with Crippen LogP contribution in [0.25, 0.3) is 78.4 Å². The van der Waals surface area contributed by atoms with Crippen LogP contribution < -0.4 is 0 Å². The van der Waals surface area contributed by atoms with Gasteiger partial charge in [0.05, 0.1) is 0 Å². The number of halogens is 1. The van der Waals surface area contributed by atoms with Gasteiger partial charge in [-0.1, -0.05) is 127 Å². The summed E-state index contributed by atoms with van der Waals surface area (Å²) in [6.07, 6.45) is 0. The number of aromatic nitrogens is 3. The molecular formula is C39H24ClN3O. The number of hydrogen-bond acceptors (Lipinski definition) is 4. The van der Waals surface area contributed by atoms with E-state index in [0.29, 0.717) is 22.5 Å². The van der Waals surface area contributed by atoms with Crippen LogP contribution >= 0.6 is 11.6 Å². The van der Waals surface area contributed by atoms with Crippen LogP contribution in [0.4, 0.5) is 0 Å². The van der Waals surface area contributed by atoms with Crippen molar-refractivity contribution in [1.82, 2.24) is 15.0 Å². The first kappa shape index (κ1) is 26.1. The van der Waals surface area contributed by atoms with Crippen molar-refractivity contribution in [2.24, 2.45) is 0 Å². The molecule has 0 spiro atoms. The Balaban J connectivity index is 1.23. The predicted octanol–water partition coefficient (Wildman–Crippen LogP) is 10.8. The Morgan fingerprint density at radius 3 is 1.70 bits per heavy atom. The minimum Gasteiger partial charge on any atom is -0.456 e. The molecule has 0 amide bonds. The summed E-state index contributed by atoms with van der Waals surface area (Å²) in [4.78, 5) is 14.8. The zero-order chi connectivity index (χ0) is 29.5. The molecule has 6 aromatic carbocycles. The van der Waals surface area contributed by atoms with E-state index in [4.69, 9.17) is 31.0 Å². The van der Waals surface area contributed by atoms with Crippen molar-refractivity contribution in [3.05, 3.63) is 151 Å². The number of benzene rings is 6. The second-order valence-electron chi connectivity index (χ2n) is 10.6. The first-order valence-corrected chi connectivity index (χ1v) is 14.8. The highest BCUT2D eigenvalue weighted by atomic mass is 35.5. The SMILES string of the molecule is Clc1ccc2c(c1)oc1cccc(-c3ccc(-c4nc(-c5ccccc5)nc(-c5cccc(-c6ccccc6)c5)n4)cc3)c12. The maximum Gasteiger partial charge on any atom is 0.164 e. The van der Waals surface area contributed by atoms with Crippen molar-refractivity contribution in [2.75, 3.05) is 0 Å². The molecule has 0 fully saturated rings. The minimum atomic E-state index is 0.618. The van der Waals surface area contributed by atoms with Gasteiger partial charge in [-0.15, -0.1) is 0 Å². The first-order valence-electron chi connectivity index (χ1n) is 14.4. The second-order valence-corrected chi connectivity index (χ2v) is 11.1. The molecule has 2 heterocycles. The molecule has 4 nitrogen and oxygen atoms in total. The van der Waals surface area contributed by atoms with Crippen molar-refractivity contribution in [1.29, 1.82) is 0 Å². The van der Waals surface area contributed by atoms with Crippen molar-refractivity contribution >= 4 is 33.5 Å². The van der Waals surface area contributed by atoms with Crippen LogP contribution in [0.2, 0.25) is 5.02 Å². The minimum absolute atomic E-state index is 0.618. The molecule has 5 heteroatoms. The fourth-order valence-electron chi connectivity index (χ4n) is 5.66. The molecule has 0 bridgehead atoms. The molecule has 0 aliphatic carbocycles. The van der Waals surface area contributed by atoms with Crippen LogP contribution in [0.15, 0.2) is 150 Å². The third-order valence-corrected chi connectivity index (χ3v) is 8.04. The van der Waals surface area contributed by atoms with E-state index >= 15 is 0 Å². The molecule has 2 aromatic heterocycles. The van der Waals surface area contributed by atoms with E-state index in [1.54, 1.807) is 0 Å². The summed E-state index contributed by atoms with van der Waals surface area (Å²) < 4.78 is 6.12. The normalized spacial score (nSPS) is 11.3. The molecule has 0 saturated carbocycles. The van der Waals surface area contributed by atoms with Gasteiger partial charge in [0.25, 0.3) is 0 Å². The summed E-state index contributed by atoms with van der Waals surface area (Å²) in [5.41, 5.74) is 8.80. The third kappa shape index (κ3) is 4.81. The zero-order valence-corrected chi connectivity index (χ0v) is 24.2. The highest BCUT2D eigenvalue weighted by molar-refractivity contribution is 6.31. The van der Waals surface area contributed by atoms with E-state index in [9.17, 15) is 0 Å². The molecular weight excluding hydrogens is 562 g/mol. The third-order valence-electron chi connectivity index (χ3n) is 7.81. The summed E-state index contributed by atoms with van der Waals surface area (Å²) in [6.45, 7) is 0. The van der Waals surface area contributed by atoms with Crippen LogP contribution in [0, 0.1) is 0 Å². The van der Waals surface area contributed by atoms with Gasteiger partial charge in [0, 0.05) is 38.6 Å². The second kappa shape index (κ2) is 10.9. The van der Waals surface area contributed by atoms with Gasteiger partial charge < -0.3 is 4.42 Å². The van der Waals surface area contributed by atoms with Gasteiger partial charge in [0.2, 0.25) is 0 Å². The lowest BCUT2D eigenvalue weighted by Crippen LogP contribution is -2.00. The van der Waals surface area contributed by atoms with E-state index in [1.807, 2.05) is 91.0 Å². The van der Waals surface area contributed by atoms with Gasteiger partial charge >= 0.3 is 0 Å². The average Bonchev–Trinajstić information content (AvgIpc) is 3.47. The smallest absolute Gasteiger partial charge is 0.164 e. The summed E-state index contributed by atoms with van der Waals surface area (Å²) in [6, 6.07) is 49.0. The fourth-order valence-corrected chi connectivity index (χ4v) is 5.82. The largest absolute Gasteiger partial charge is 0.456 e. The fraction of sp³-hybridized carbons (Fsp3) is 0. The average molecular weight is 586 g/mol. The predicted molar refractivity (Wildman–Crippen MR) is 179 cm³/mol. The summed E-state index contributed by atoms with van der Waals surface area (Å²) in [5.74, 6) is 1.88. The lowest BCUT2D eigenvalue weighted by molar-refractivity contribution is 0.669. The molecule has 8 rings (SSSR count). The molecule has 0 unspecified atom stereocenters. The van der Waals surface area contributed by atoms with Crippen LogP contribution in [-0.2, 0) is 0 Å². The Labute approximate surface area is 259 Å². The lowest BCUT2D eigenvalue weighted by atomic mass is 9.98. The van der Waals surface area contributed by atoms with Gasteiger partial charge in [0.1, 0.15) is 11.2 Å². The van der Waals surface area contributed by atoms with Crippen LogP contribution in [-0.4, -0.2) is 15.0 Å². The lowest BCUT2D eigenvalue weighted by Gasteiger charge is -2.10. The van der Waals surface area contributed by atoms with Crippen LogP contribution in [0.5, 0.6) is 0 Å². The molecule has 0 aliphatic rings. The first-order chi connectivity index (χ1) is 21.7. The Hall–Kier alpha value is -5.58. The van der Waals surface area contributed by atoms with Crippen molar-refractivity contribution in [3.8, 4) is 56.4 Å². The monoisotopic (exact) mass is 585 g/mol. The summed E-state index contributed by atoms with van der Waals surface area (Å²) in [5, 5.41) is 2.76. The summed E-state index contributed by atoms with van der Waals surface area (Å²) in [7, 11) is 0. The highest BCUT2D eigenvalue weighted by Crippen LogP contribution is 2.38. The number of nitrogens with zero attached hydrogens (tertiary/aromatic N) is 3. The maximum absolute atomic E-state index is 6.24. The van der Waals surface area contributed by atoms with Crippen LogP contribution in [0.1, 0.15) is 0 Å². The van der Waals surface area contributed by atoms with Crippen LogP contribution in [0.3, 0.4) is 0 Å². The van der Waals surface area contributed by atoms with E-state index in [-0.39, 0.29) is 0 Å². The van der Waals surface area contributed by atoms with E-state index < -0.39 is 0 Å². The number of fused-ring (bicyclic) bond motifs is 3. The Bertz CT molecular complexity index is 2280. The Morgan fingerprint density at radius 1 is 0.409 bits per heavy atom. The van der Waals surface area contributed by atoms with E-state index in [1.165, 1.54) is 0 Å². The molecule has 0 aliphatic heterocycles. The zero-order valence-electron chi connectivity index (χ0n) is 23.5. The van der Waals surface area contributed by atoms with Crippen molar-refractivity contribution in [2.45, 2.75) is 0 Å². The van der Waals surface area contributed by atoms with Gasteiger partial charge in [-0.2, -0.15) is 0 Å². The highest BCUT2D eigenvalue weighted by Gasteiger charge is 2.15. The molecule has 0 atom stereocenters. The summed E-state index contributed by atoms with van der Waals surface area (Å²) >= 11 is 6.24. The number of rotatable bonds is 5. The molecule has 0 radical (unpaired) electrons. The van der Waals surface area contributed by atoms with Crippen molar-refractivity contribution in [3.63, 3.8) is 0 Å². The van der Waals surface area contributed by atoms with Gasteiger partial charge in [0.15, 0.2) is 17.5 Å². The molecule has 8 aromatic rings. The van der Waals surface area contributed by atoms with E-state index in [0.717, 1.165) is 60.9 Å². The number of furan rings is 1. The number of hydrogen-bond donors (Lipinski definition) is 0. The Morgan fingerprint density at radius 2 is 0.977 bits per heavy atom. The quantitative estimate of drug-likeness (QED) is 0.201. The van der Waals surface area contributed by atoms with Gasteiger partial charge in [-0.3, -0.25) is 0 Å². The standard InChI is InChI=1S/C39H24ClN3O/c40-31-21-22-33-35(24-31)44-34-16-8-15-32(36(33)34)26-17-19-28(20-18-26)38-41-37(27-11-5-2-6-12-27)42-39(43-38)30-14-7-13-29(23-30)25-9-3-1-4-10-25/h1-24H.